The topological polar surface area (TPSA) is 47.6 Å². The molecule has 0 aliphatic rings. The van der Waals surface area contributed by atoms with Crippen LogP contribution in [0.5, 0.6) is 11.5 Å². The first kappa shape index (κ1) is 14.9. The maximum atomic E-state index is 12.2. The van der Waals surface area contributed by atoms with E-state index in [0.717, 1.165) is 12.1 Å². The summed E-state index contributed by atoms with van der Waals surface area (Å²) in [5.74, 6) is 1.03. The smallest absolute Gasteiger partial charge is 0.255 e. The molecule has 0 heterocycles. The molecule has 21 heavy (non-hydrogen) atoms. The van der Waals surface area contributed by atoms with Gasteiger partial charge < -0.3 is 14.8 Å². The second-order valence-corrected chi connectivity index (χ2v) is 4.53. The van der Waals surface area contributed by atoms with Gasteiger partial charge in [-0.2, -0.15) is 0 Å². The number of benzene rings is 2. The number of ether oxygens (including phenoxy) is 2. The highest BCUT2D eigenvalue weighted by Crippen LogP contribution is 2.28. The molecule has 0 saturated heterocycles. The van der Waals surface area contributed by atoms with Gasteiger partial charge in [-0.15, -0.1) is 0 Å². The van der Waals surface area contributed by atoms with Gasteiger partial charge >= 0.3 is 0 Å². The van der Waals surface area contributed by atoms with E-state index in [1.165, 1.54) is 0 Å². The molecule has 4 nitrogen and oxygen atoms in total. The molecule has 1 N–H and O–H groups in total. The Balaban J connectivity index is 2.14. The zero-order chi connectivity index (χ0) is 15.1. The molecular formula is C17H19NO3. The lowest BCUT2D eigenvalue weighted by Crippen LogP contribution is -2.12. The van der Waals surface area contributed by atoms with Gasteiger partial charge in [-0.1, -0.05) is 25.1 Å². The van der Waals surface area contributed by atoms with Crippen molar-refractivity contribution in [3.8, 4) is 11.5 Å². The van der Waals surface area contributed by atoms with Gasteiger partial charge in [0.2, 0.25) is 0 Å². The van der Waals surface area contributed by atoms with E-state index in [4.69, 9.17) is 9.47 Å². The van der Waals surface area contributed by atoms with Crippen molar-refractivity contribution in [2.24, 2.45) is 0 Å². The number of rotatable bonds is 6. The highest BCUT2D eigenvalue weighted by Gasteiger charge is 2.11. The van der Waals surface area contributed by atoms with Crippen molar-refractivity contribution < 1.29 is 14.3 Å². The Morgan fingerprint density at radius 1 is 1.10 bits per heavy atom. The lowest BCUT2D eigenvalue weighted by Gasteiger charge is -2.11. The molecule has 0 aliphatic heterocycles. The van der Waals surface area contributed by atoms with E-state index in [1.807, 2.05) is 37.3 Å². The molecule has 0 aliphatic carbocycles. The third-order valence-electron chi connectivity index (χ3n) is 2.92. The zero-order valence-corrected chi connectivity index (χ0v) is 12.3. The van der Waals surface area contributed by atoms with Gasteiger partial charge in [-0.25, -0.2) is 0 Å². The number of amides is 1. The molecule has 1 amide bonds. The Labute approximate surface area is 124 Å². The van der Waals surface area contributed by atoms with Gasteiger partial charge in [-0.05, 0) is 36.8 Å². The van der Waals surface area contributed by atoms with E-state index in [2.05, 4.69) is 5.32 Å². The van der Waals surface area contributed by atoms with E-state index in [-0.39, 0.29) is 5.91 Å². The molecule has 0 radical (unpaired) electrons. The van der Waals surface area contributed by atoms with Crippen molar-refractivity contribution >= 4 is 11.6 Å². The number of nitrogens with one attached hydrogen (secondary N) is 1. The molecule has 0 spiro atoms. The Morgan fingerprint density at radius 2 is 1.86 bits per heavy atom. The maximum absolute atomic E-state index is 12.2. The lowest BCUT2D eigenvalue weighted by atomic mass is 10.2. The summed E-state index contributed by atoms with van der Waals surface area (Å²) in [6, 6.07) is 14.5. The fraction of sp³-hybridized carbons (Fsp3) is 0.235. The van der Waals surface area contributed by atoms with Crippen molar-refractivity contribution in [3.05, 3.63) is 54.1 Å². The second-order valence-electron chi connectivity index (χ2n) is 4.53. The summed E-state index contributed by atoms with van der Waals surface area (Å²) < 4.78 is 10.9. The first-order valence-electron chi connectivity index (χ1n) is 6.92. The van der Waals surface area contributed by atoms with E-state index in [1.54, 1.807) is 25.3 Å². The molecule has 2 aromatic carbocycles. The van der Waals surface area contributed by atoms with Gasteiger partial charge in [-0.3, -0.25) is 4.79 Å². The molecule has 0 aromatic heterocycles. The van der Waals surface area contributed by atoms with Crippen LogP contribution in [0.3, 0.4) is 0 Å². The van der Waals surface area contributed by atoms with Gasteiger partial charge in [0.1, 0.15) is 0 Å². The van der Waals surface area contributed by atoms with Crippen LogP contribution >= 0.6 is 0 Å². The Morgan fingerprint density at radius 3 is 2.52 bits per heavy atom. The van der Waals surface area contributed by atoms with Crippen LogP contribution in [0.2, 0.25) is 0 Å². The van der Waals surface area contributed by atoms with E-state index in [0.29, 0.717) is 23.7 Å². The van der Waals surface area contributed by atoms with Crippen LogP contribution in [-0.2, 0) is 0 Å². The van der Waals surface area contributed by atoms with Gasteiger partial charge in [0.25, 0.3) is 5.91 Å². The second kappa shape index (κ2) is 7.33. The standard InChI is InChI=1S/C17H19NO3/c1-3-11-21-15-10-9-13(12-16(15)20-2)17(19)18-14-7-5-4-6-8-14/h4-10,12H,3,11H2,1-2H3,(H,18,19). The number of hydrogen-bond acceptors (Lipinski definition) is 3. The quantitative estimate of drug-likeness (QED) is 0.879. The maximum Gasteiger partial charge on any atom is 0.255 e. The molecule has 0 fully saturated rings. The fourth-order valence-electron chi connectivity index (χ4n) is 1.86. The van der Waals surface area contributed by atoms with Crippen molar-refractivity contribution in [3.63, 3.8) is 0 Å². The molecule has 0 saturated carbocycles. The molecule has 4 heteroatoms. The summed E-state index contributed by atoms with van der Waals surface area (Å²) in [5, 5.41) is 2.84. The summed E-state index contributed by atoms with van der Waals surface area (Å²) in [4.78, 5) is 12.2. The van der Waals surface area contributed by atoms with Gasteiger partial charge in [0, 0.05) is 11.3 Å². The van der Waals surface area contributed by atoms with Crippen LogP contribution < -0.4 is 14.8 Å². The SMILES string of the molecule is CCCOc1ccc(C(=O)Nc2ccccc2)cc1OC. The first-order valence-corrected chi connectivity index (χ1v) is 6.92. The van der Waals surface area contributed by atoms with E-state index < -0.39 is 0 Å². The summed E-state index contributed by atoms with van der Waals surface area (Å²) in [6.07, 6.45) is 0.916. The number of methoxy groups -OCH3 is 1. The molecule has 2 rings (SSSR count). The van der Waals surface area contributed by atoms with Gasteiger partial charge in [0.05, 0.1) is 13.7 Å². The van der Waals surface area contributed by atoms with E-state index in [9.17, 15) is 4.79 Å². The summed E-state index contributed by atoms with van der Waals surface area (Å²) >= 11 is 0. The number of para-hydroxylation sites is 1. The molecular weight excluding hydrogens is 266 g/mol. The highest BCUT2D eigenvalue weighted by molar-refractivity contribution is 6.04. The van der Waals surface area contributed by atoms with Crippen molar-refractivity contribution in [1.82, 2.24) is 0 Å². The van der Waals surface area contributed by atoms with Crippen molar-refractivity contribution in [2.45, 2.75) is 13.3 Å². The molecule has 110 valence electrons. The third kappa shape index (κ3) is 3.99. The van der Waals surface area contributed by atoms with Crippen LogP contribution in [0.1, 0.15) is 23.7 Å². The molecule has 0 atom stereocenters. The van der Waals surface area contributed by atoms with Crippen molar-refractivity contribution in [1.29, 1.82) is 0 Å². The summed E-state index contributed by atoms with van der Waals surface area (Å²) in [7, 11) is 1.56. The lowest BCUT2D eigenvalue weighted by molar-refractivity contribution is 0.102. The Kier molecular flexibility index (Phi) is 5.21. The van der Waals surface area contributed by atoms with Crippen LogP contribution in [0.4, 0.5) is 5.69 Å². The average molecular weight is 285 g/mol. The minimum absolute atomic E-state index is 0.179. The number of carbonyl (C=O) groups excluding carboxylic acids is 1. The summed E-state index contributed by atoms with van der Waals surface area (Å²) in [6.45, 7) is 2.65. The third-order valence-corrected chi connectivity index (χ3v) is 2.92. The summed E-state index contributed by atoms with van der Waals surface area (Å²) in [5.41, 5.74) is 1.28. The largest absolute Gasteiger partial charge is 0.493 e. The molecule has 2 aromatic rings. The van der Waals surface area contributed by atoms with Crippen LogP contribution in [0, 0.1) is 0 Å². The normalized spacial score (nSPS) is 10.0. The number of anilines is 1. The first-order chi connectivity index (χ1) is 10.2. The van der Waals surface area contributed by atoms with Crippen LogP contribution in [-0.4, -0.2) is 19.6 Å². The highest BCUT2D eigenvalue weighted by atomic mass is 16.5. The average Bonchev–Trinajstić information content (AvgIpc) is 2.53. The van der Waals surface area contributed by atoms with Gasteiger partial charge in [0.15, 0.2) is 11.5 Å². The Hall–Kier alpha value is -2.49. The number of carbonyl (C=O) groups is 1. The van der Waals surface area contributed by atoms with Crippen LogP contribution in [0.15, 0.2) is 48.5 Å². The minimum atomic E-state index is -0.179. The minimum Gasteiger partial charge on any atom is -0.493 e. The van der Waals surface area contributed by atoms with Crippen molar-refractivity contribution in [2.75, 3.05) is 19.0 Å². The monoisotopic (exact) mass is 285 g/mol. The van der Waals surface area contributed by atoms with E-state index >= 15 is 0 Å². The zero-order valence-electron chi connectivity index (χ0n) is 12.3. The predicted octanol–water partition coefficient (Wildman–Crippen LogP) is 3.74. The molecule has 0 bridgehead atoms. The molecule has 0 unspecified atom stereocenters. The Bertz CT molecular complexity index is 596. The van der Waals surface area contributed by atoms with Crippen LogP contribution in [0.25, 0.3) is 0 Å². The predicted molar refractivity (Wildman–Crippen MR) is 83.2 cm³/mol. The number of hydrogen-bond donors (Lipinski definition) is 1. The fourth-order valence-corrected chi connectivity index (χ4v) is 1.86.